The van der Waals surface area contributed by atoms with E-state index in [4.69, 9.17) is 0 Å². The number of thioether (sulfide) groups is 1. The Hall–Kier alpha value is -2.70. The molecule has 2 aromatic heterocycles. The zero-order valence-corrected chi connectivity index (χ0v) is 19.4. The summed E-state index contributed by atoms with van der Waals surface area (Å²) in [5, 5.41) is 13.1. The number of aliphatic carboxylic acids is 1. The fourth-order valence-electron chi connectivity index (χ4n) is 3.48. The Morgan fingerprint density at radius 3 is 2.55 bits per heavy atom. The number of aryl methyl sites for hydroxylation is 4. The van der Waals surface area contributed by atoms with Crippen molar-refractivity contribution in [2.75, 3.05) is 0 Å². The second kappa shape index (κ2) is 9.20. The second-order valence-electron chi connectivity index (χ2n) is 7.78. The fourth-order valence-corrected chi connectivity index (χ4v) is 5.50. The van der Waals surface area contributed by atoms with Crippen LogP contribution in [0.25, 0.3) is 21.3 Å². The zero-order valence-electron chi connectivity index (χ0n) is 17.8. The summed E-state index contributed by atoms with van der Waals surface area (Å²) in [5.74, 6) is -0.813. The number of benzene rings is 2. The quantitative estimate of drug-likeness (QED) is 0.260. The molecule has 0 bridgehead atoms. The third-order valence-corrected chi connectivity index (χ3v) is 7.64. The normalized spacial score (nSPS) is 12.2. The maximum atomic E-state index is 12.0. The van der Waals surface area contributed by atoms with E-state index >= 15 is 0 Å². The van der Waals surface area contributed by atoms with Crippen LogP contribution in [0.3, 0.4) is 0 Å². The summed E-state index contributed by atoms with van der Waals surface area (Å²) < 4.78 is 0. The lowest BCUT2D eigenvalue weighted by Crippen LogP contribution is -2.17. The highest BCUT2D eigenvalue weighted by Crippen LogP contribution is 2.40. The Morgan fingerprint density at radius 1 is 1.06 bits per heavy atom. The average Bonchev–Trinajstić information content (AvgIpc) is 3.19. The number of nitrogens with zero attached hydrogens (tertiary/aromatic N) is 2. The smallest absolute Gasteiger partial charge is 0.317 e. The van der Waals surface area contributed by atoms with Crippen LogP contribution in [-0.4, -0.2) is 26.3 Å². The van der Waals surface area contributed by atoms with Gasteiger partial charge in [0, 0.05) is 10.9 Å². The molecule has 0 saturated carbocycles. The predicted octanol–water partition coefficient (Wildman–Crippen LogP) is 6.46. The molecule has 0 spiro atoms. The van der Waals surface area contributed by atoms with Crippen molar-refractivity contribution in [3.63, 3.8) is 0 Å². The van der Waals surface area contributed by atoms with Gasteiger partial charge in [-0.1, -0.05) is 59.8 Å². The van der Waals surface area contributed by atoms with Crippen LogP contribution in [0, 0.1) is 20.8 Å². The third kappa shape index (κ3) is 4.81. The van der Waals surface area contributed by atoms with Crippen LogP contribution in [-0.2, 0) is 11.2 Å². The highest BCUT2D eigenvalue weighted by atomic mass is 32.2. The van der Waals surface area contributed by atoms with Gasteiger partial charge in [-0.3, -0.25) is 4.79 Å². The highest BCUT2D eigenvalue weighted by molar-refractivity contribution is 8.00. The molecule has 0 aliphatic rings. The summed E-state index contributed by atoms with van der Waals surface area (Å²) in [6.07, 6.45) is 2.79. The molecule has 4 rings (SSSR count). The Bertz CT molecular complexity index is 1230. The van der Waals surface area contributed by atoms with Gasteiger partial charge in [-0.2, -0.15) is 0 Å². The Kier molecular flexibility index (Phi) is 6.39. The van der Waals surface area contributed by atoms with Crippen molar-refractivity contribution >= 4 is 39.3 Å². The first-order chi connectivity index (χ1) is 14.9. The van der Waals surface area contributed by atoms with E-state index in [1.807, 2.05) is 6.92 Å². The zero-order chi connectivity index (χ0) is 22.0. The number of rotatable bonds is 7. The molecule has 0 aliphatic heterocycles. The number of thiophene rings is 1. The van der Waals surface area contributed by atoms with E-state index in [0.29, 0.717) is 12.8 Å². The average molecular weight is 449 g/mol. The number of hydrogen-bond donors (Lipinski definition) is 1. The minimum absolute atomic E-state index is 0.539. The first-order valence-electron chi connectivity index (χ1n) is 10.2. The number of carboxylic acid groups (broad SMARTS) is 1. The van der Waals surface area contributed by atoms with Crippen LogP contribution in [0.5, 0.6) is 0 Å². The van der Waals surface area contributed by atoms with E-state index < -0.39 is 11.2 Å². The topological polar surface area (TPSA) is 63.1 Å². The van der Waals surface area contributed by atoms with Crippen LogP contribution in [0.4, 0.5) is 0 Å². The molecule has 1 N–H and O–H groups in total. The van der Waals surface area contributed by atoms with Crippen molar-refractivity contribution in [2.24, 2.45) is 0 Å². The van der Waals surface area contributed by atoms with Gasteiger partial charge in [0.15, 0.2) is 0 Å². The van der Waals surface area contributed by atoms with Gasteiger partial charge in [0.25, 0.3) is 0 Å². The molecular formula is C25H24N2O2S2. The Morgan fingerprint density at radius 2 is 1.84 bits per heavy atom. The van der Waals surface area contributed by atoms with Crippen molar-refractivity contribution in [1.29, 1.82) is 0 Å². The van der Waals surface area contributed by atoms with Gasteiger partial charge in [-0.05, 0) is 55.9 Å². The number of aromatic nitrogens is 2. The number of fused-ring (bicyclic) bond motifs is 1. The van der Waals surface area contributed by atoms with Crippen molar-refractivity contribution < 1.29 is 9.90 Å². The van der Waals surface area contributed by atoms with E-state index in [1.165, 1.54) is 34.8 Å². The second-order valence-corrected chi connectivity index (χ2v) is 9.83. The van der Waals surface area contributed by atoms with Gasteiger partial charge in [-0.15, -0.1) is 11.3 Å². The molecule has 1 atom stereocenters. The largest absolute Gasteiger partial charge is 0.480 e. The van der Waals surface area contributed by atoms with Gasteiger partial charge in [-0.25, -0.2) is 9.97 Å². The summed E-state index contributed by atoms with van der Waals surface area (Å²) in [6.45, 7) is 6.25. The standard InChI is InChI=1S/C25H24N2O2S2/c1-15-4-7-18(8-5-15)9-11-21(25(28)29)31-24-22-20(13-30-23(22)26-14-27-24)19-10-6-16(2)17(3)12-19/h4-8,10,12-14,21H,9,11H2,1-3H3,(H,28,29). The van der Waals surface area contributed by atoms with E-state index in [1.54, 1.807) is 11.3 Å². The SMILES string of the molecule is Cc1ccc(CCC(Sc2ncnc3scc(-c4ccc(C)c(C)c4)c23)C(=O)O)cc1. The molecule has 0 fully saturated rings. The molecule has 0 saturated heterocycles. The van der Waals surface area contributed by atoms with Crippen molar-refractivity contribution in [3.05, 3.63) is 76.4 Å². The lowest BCUT2D eigenvalue weighted by molar-refractivity contribution is -0.136. The first-order valence-corrected chi connectivity index (χ1v) is 11.9. The van der Waals surface area contributed by atoms with Gasteiger partial charge in [0.2, 0.25) is 0 Å². The molecule has 0 amide bonds. The maximum absolute atomic E-state index is 12.0. The van der Waals surface area contributed by atoms with Gasteiger partial charge >= 0.3 is 5.97 Å². The molecule has 2 heterocycles. The van der Waals surface area contributed by atoms with Crippen LogP contribution in [0.1, 0.15) is 28.7 Å². The summed E-state index contributed by atoms with van der Waals surface area (Å²) in [5.41, 5.74) is 7.00. The molecule has 0 radical (unpaired) electrons. The van der Waals surface area contributed by atoms with E-state index in [0.717, 1.165) is 31.9 Å². The van der Waals surface area contributed by atoms with Gasteiger partial charge in [0.05, 0.1) is 5.39 Å². The van der Waals surface area contributed by atoms with Crippen molar-refractivity contribution in [1.82, 2.24) is 9.97 Å². The number of hydrogen-bond acceptors (Lipinski definition) is 5. The summed E-state index contributed by atoms with van der Waals surface area (Å²) in [4.78, 5) is 21.8. The third-order valence-electron chi connectivity index (χ3n) is 5.50. The monoisotopic (exact) mass is 448 g/mol. The molecular weight excluding hydrogens is 424 g/mol. The van der Waals surface area contributed by atoms with Gasteiger partial charge in [0.1, 0.15) is 21.4 Å². The minimum atomic E-state index is -0.813. The summed E-state index contributed by atoms with van der Waals surface area (Å²) in [6, 6.07) is 14.7. The summed E-state index contributed by atoms with van der Waals surface area (Å²) >= 11 is 2.89. The van der Waals surface area contributed by atoms with Crippen LogP contribution in [0.15, 0.2) is 59.2 Å². The number of carboxylic acids is 1. The molecule has 2 aromatic carbocycles. The maximum Gasteiger partial charge on any atom is 0.317 e. The lowest BCUT2D eigenvalue weighted by atomic mass is 10.0. The molecule has 0 aliphatic carbocycles. The molecule has 4 aromatic rings. The van der Waals surface area contributed by atoms with Crippen LogP contribution < -0.4 is 0 Å². The fraction of sp³-hybridized carbons (Fsp3) is 0.240. The predicted molar refractivity (Wildman–Crippen MR) is 129 cm³/mol. The van der Waals surface area contributed by atoms with Crippen LogP contribution in [0.2, 0.25) is 0 Å². The molecule has 4 nitrogen and oxygen atoms in total. The Labute approximate surface area is 190 Å². The molecule has 31 heavy (non-hydrogen) atoms. The molecule has 158 valence electrons. The van der Waals surface area contributed by atoms with E-state index in [-0.39, 0.29) is 0 Å². The molecule has 1 unspecified atom stereocenters. The number of carbonyl (C=O) groups is 1. The highest BCUT2D eigenvalue weighted by Gasteiger charge is 2.23. The minimum Gasteiger partial charge on any atom is -0.480 e. The molecule has 6 heteroatoms. The van der Waals surface area contributed by atoms with Crippen molar-refractivity contribution in [3.8, 4) is 11.1 Å². The van der Waals surface area contributed by atoms with E-state index in [9.17, 15) is 9.90 Å². The Balaban J connectivity index is 1.64. The first kappa shape index (κ1) is 21.5. The summed E-state index contributed by atoms with van der Waals surface area (Å²) in [7, 11) is 0. The van der Waals surface area contributed by atoms with E-state index in [2.05, 4.69) is 71.7 Å². The van der Waals surface area contributed by atoms with Crippen LogP contribution >= 0.6 is 23.1 Å². The van der Waals surface area contributed by atoms with Gasteiger partial charge < -0.3 is 5.11 Å². The lowest BCUT2D eigenvalue weighted by Gasteiger charge is -2.13. The van der Waals surface area contributed by atoms with Crippen molar-refractivity contribution in [2.45, 2.75) is 43.9 Å².